The highest BCUT2D eigenvalue weighted by molar-refractivity contribution is 5.21. The fraction of sp³-hybridized carbons (Fsp3) is 1.00. The summed E-state index contributed by atoms with van der Waals surface area (Å²) in [6.45, 7) is 18.9. The lowest BCUT2D eigenvalue weighted by Crippen LogP contribution is -2.67. The summed E-state index contributed by atoms with van der Waals surface area (Å²) in [5.74, 6) is 3.11. The quantitative estimate of drug-likeness (QED) is 0.428. The van der Waals surface area contributed by atoms with Crippen LogP contribution in [0, 0.1) is 56.2 Å². The van der Waals surface area contributed by atoms with E-state index in [4.69, 9.17) is 4.74 Å². The van der Waals surface area contributed by atoms with E-state index < -0.39 is 0 Å². The molecule has 0 amide bonds. The topological polar surface area (TPSA) is 29.5 Å². The minimum absolute atomic E-state index is 0.0586. The average molecular weight is 443 g/mol. The maximum atomic E-state index is 10.9. The van der Waals surface area contributed by atoms with Crippen LogP contribution in [-0.2, 0) is 4.74 Å². The van der Waals surface area contributed by atoms with Crippen molar-refractivity contribution in [2.24, 2.45) is 56.2 Å². The Labute approximate surface area is 197 Å². The number of ether oxygens (including phenoxy) is 1. The second kappa shape index (κ2) is 6.37. The number of aliphatic hydroxyl groups excluding tert-OH is 1. The van der Waals surface area contributed by atoms with Gasteiger partial charge in [-0.25, -0.2) is 0 Å². The molecule has 0 aromatic rings. The van der Waals surface area contributed by atoms with E-state index in [0.29, 0.717) is 39.1 Å². The Morgan fingerprint density at radius 1 is 0.688 bits per heavy atom. The molecule has 1 heterocycles. The smallest absolute Gasteiger partial charge is 0.0663 e. The molecule has 182 valence electrons. The van der Waals surface area contributed by atoms with E-state index in [-0.39, 0.29) is 11.5 Å². The van der Waals surface area contributed by atoms with Crippen LogP contribution in [-0.4, -0.2) is 23.9 Å². The first-order chi connectivity index (χ1) is 14.8. The average Bonchev–Trinajstić information content (AvgIpc) is 3.05. The molecule has 2 heteroatoms. The normalized spacial score (nSPS) is 60.0. The highest BCUT2D eigenvalue weighted by Crippen LogP contribution is 2.78. The molecule has 1 N–H and O–H groups in total. The molecule has 32 heavy (non-hydrogen) atoms. The van der Waals surface area contributed by atoms with Crippen molar-refractivity contribution in [1.29, 1.82) is 0 Å². The van der Waals surface area contributed by atoms with Crippen LogP contribution in [0.15, 0.2) is 0 Å². The van der Waals surface area contributed by atoms with Gasteiger partial charge in [0.15, 0.2) is 0 Å². The van der Waals surface area contributed by atoms with Crippen molar-refractivity contribution in [2.75, 3.05) is 6.61 Å². The Kier molecular flexibility index (Phi) is 4.46. The van der Waals surface area contributed by atoms with Crippen molar-refractivity contribution < 1.29 is 9.84 Å². The van der Waals surface area contributed by atoms with E-state index in [0.717, 1.165) is 30.8 Å². The summed E-state index contributed by atoms with van der Waals surface area (Å²) in [5, 5.41) is 10.9. The van der Waals surface area contributed by atoms with E-state index in [9.17, 15) is 5.11 Å². The van der Waals surface area contributed by atoms with Crippen LogP contribution in [0.2, 0.25) is 0 Å². The zero-order valence-corrected chi connectivity index (χ0v) is 22.1. The number of hydrogen-bond donors (Lipinski definition) is 1. The van der Waals surface area contributed by atoms with E-state index in [1.807, 2.05) is 0 Å². The van der Waals surface area contributed by atoms with Gasteiger partial charge in [0.1, 0.15) is 0 Å². The summed E-state index contributed by atoms with van der Waals surface area (Å²) in [7, 11) is 0. The summed E-state index contributed by atoms with van der Waals surface area (Å²) in [5.41, 5.74) is 2.16. The van der Waals surface area contributed by atoms with E-state index >= 15 is 0 Å². The molecule has 0 aromatic carbocycles. The fourth-order valence-electron chi connectivity index (χ4n) is 12.0. The Balaban J connectivity index is 1.39. The molecule has 2 bridgehead atoms. The van der Waals surface area contributed by atoms with Crippen LogP contribution in [0.5, 0.6) is 0 Å². The summed E-state index contributed by atoms with van der Waals surface area (Å²) in [6, 6.07) is 0. The van der Waals surface area contributed by atoms with Crippen LogP contribution in [0.4, 0.5) is 0 Å². The van der Waals surface area contributed by atoms with Crippen LogP contribution in [0.1, 0.15) is 113 Å². The highest BCUT2D eigenvalue weighted by atomic mass is 16.5. The van der Waals surface area contributed by atoms with Gasteiger partial charge in [-0.05, 0) is 120 Å². The van der Waals surface area contributed by atoms with E-state index in [2.05, 4.69) is 48.5 Å². The first kappa shape index (κ1) is 22.4. The highest BCUT2D eigenvalue weighted by Gasteiger charge is 2.72. The van der Waals surface area contributed by atoms with Gasteiger partial charge in [-0.1, -0.05) is 48.5 Å². The van der Waals surface area contributed by atoms with Crippen molar-refractivity contribution in [3.05, 3.63) is 0 Å². The molecule has 5 aliphatic carbocycles. The van der Waals surface area contributed by atoms with Crippen LogP contribution >= 0.6 is 0 Å². The SMILES string of the molecule is CC1(C)CC[C@]23CC[C@]4(C)[C@H](CC[C@@H]5[C@@]6(C)CC[C@@H](O)C(C)(C)[C@H]6CC[C@]54C)[C@@H]2[C@H]1OC3. The van der Waals surface area contributed by atoms with Crippen molar-refractivity contribution >= 4 is 0 Å². The summed E-state index contributed by atoms with van der Waals surface area (Å²) in [6.07, 6.45) is 13.7. The number of hydrogen-bond acceptors (Lipinski definition) is 2. The van der Waals surface area contributed by atoms with Gasteiger partial charge in [0.25, 0.3) is 0 Å². The Hall–Kier alpha value is -0.0800. The molecule has 6 rings (SSSR count). The minimum Gasteiger partial charge on any atom is -0.393 e. The van der Waals surface area contributed by atoms with Gasteiger partial charge in [0.2, 0.25) is 0 Å². The molecular formula is C30H50O2. The number of fused-ring (bicyclic) bond motifs is 5. The maximum absolute atomic E-state index is 10.9. The summed E-state index contributed by atoms with van der Waals surface area (Å²) >= 11 is 0. The largest absolute Gasteiger partial charge is 0.393 e. The van der Waals surface area contributed by atoms with Crippen molar-refractivity contribution in [2.45, 2.75) is 125 Å². The lowest BCUT2D eigenvalue weighted by atomic mass is 9.31. The van der Waals surface area contributed by atoms with Gasteiger partial charge in [-0.3, -0.25) is 0 Å². The molecule has 0 aromatic heterocycles. The lowest BCUT2D eigenvalue weighted by Gasteiger charge is -2.73. The molecule has 1 saturated heterocycles. The van der Waals surface area contributed by atoms with Crippen molar-refractivity contribution in [3.63, 3.8) is 0 Å². The van der Waals surface area contributed by atoms with E-state index in [1.54, 1.807) is 0 Å². The predicted octanol–water partition coefficient (Wildman–Crippen LogP) is 7.24. The number of rotatable bonds is 0. The molecule has 0 unspecified atom stereocenters. The molecule has 0 spiro atoms. The Morgan fingerprint density at radius 3 is 2.16 bits per heavy atom. The van der Waals surface area contributed by atoms with Gasteiger partial charge in [0, 0.05) is 0 Å². The zero-order chi connectivity index (χ0) is 22.9. The second-order valence-electron chi connectivity index (χ2n) is 15.7. The summed E-state index contributed by atoms with van der Waals surface area (Å²) in [4.78, 5) is 0. The molecule has 10 atom stereocenters. The second-order valence-corrected chi connectivity index (χ2v) is 15.7. The Bertz CT molecular complexity index is 801. The third kappa shape index (κ3) is 2.41. The first-order valence-corrected chi connectivity index (χ1v) is 14.1. The molecule has 1 aliphatic heterocycles. The van der Waals surface area contributed by atoms with Crippen molar-refractivity contribution in [3.8, 4) is 0 Å². The van der Waals surface area contributed by atoms with Gasteiger partial charge in [-0.2, -0.15) is 0 Å². The molecule has 0 radical (unpaired) electrons. The molecule has 6 aliphatic rings. The van der Waals surface area contributed by atoms with Gasteiger partial charge < -0.3 is 9.84 Å². The first-order valence-electron chi connectivity index (χ1n) is 14.1. The van der Waals surface area contributed by atoms with Crippen LogP contribution in [0.3, 0.4) is 0 Å². The lowest BCUT2D eigenvalue weighted by molar-refractivity contribution is -0.252. The molecule has 2 nitrogen and oxygen atoms in total. The predicted molar refractivity (Wildman–Crippen MR) is 130 cm³/mol. The molecule has 5 saturated carbocycles. The molecular weight excluding hydrogens is 392 g/mol. The fourth-order valence-corrected chi connectivity index (χ4v) is 12.0. The Morgan fingerprint density at radius 2 is 1.41 bits per heavy atom. The maximum Gasteiger partial charge on any atom is 0.0663 e. The monoisotopic (exact) mass is 442 g/mol. The third-order valence-electron chi connectivity index (χ3n) is 14.1. The van der Waals surface area contributed by atoms with Gasteiger partial charge >= 0.3 is 0 Å². The minimum atomic E-state index is -0.122. The van der Waals surface area contributed by atoms with Crippen LogP contribution in [0.25, 0.3) is 0 Å². The standard InChI is InChI=1S/C30H50O2/c1-25(2)14-16-30-17-15-28(6)19(23(30)24(25)32-18-30)8-9-21-27(5)12-11-22(31)26(3,4)20(27)10-13-29(21,28)7/h19-24,31H,8-18H2,1-7H3/t19-,20-,21-,22-,23-,24-,27+,28-,29-,30-/m1/s1. The van der Waals surface area contributed by atoms with Crippen molar-refractivity contribution in [1.82, 2.24) is 0 Å². The number of aliphatic hydroxyl groups is 1. The van der Waals surface area contributed by atoms with Gasteiger partial charge in [-0.15, -0.1) is 0 Å². The summed E-state index contributed by atoms with van der Waals surface area (Å²) < 4.78 is 6.71. The van der Waals surface area contributed by atoms with Crippen LogP contribution < -0.4 is 0 Å². The molecule has 6 fully saturated rings. The zero-order valence-electron chi connectivity index (χ0n) is 22.1. The third-order valence-corrected chi connectivity index (χ3v) is 14.1. The van der Waals surface area contributed by atoms with E-state index in [1.165, 1.54) is 57.8 Å². The van der Waals surface area contributed by atoms with Gasteiger partial charge in [0.05, 0.1) is 18.8 Å².